The van der Waals surface area contributed by atoms with E-state index in [-0.39, 0.29) is 12.2 Å². The fourth-order valence-electron chi connectivity index (χ4n) is 2.57. The number of β-amino-alcohol motifs (C(OH)–C–C–N with tert-alkyl or cyclic N) is 1. The van der Waals surface area contributed by atoms with Crippen molar-refractivity contribution in [2.45, 2.75) is 39.1 Å². The Morgan fingerprint density at radius 2 is 1.78 bits per heavy atom. The molecule has 0 saturated carbocycles. The monoisotopic (exact) mass is 249 g/mol. The first-order valence-electron chi connectivity index (χ1n) is 6.67. The van der Waals surface area contributed by atoms with Crippen LogP contribution in [0.25, 0.3) is 0 Å². The minimum atomic E-state index is -0.414. The topological polar surface area (TPSA) is 32.7 Å². The molecule has 1 fully saturated rings. The molecular formula is C15H23NO2. The zero-order valence-corrected chi connectivity index (χ0v) is 11.5. The van der Waals surface area contributed by atoms with E-state index < -0.39 is 6.10 Å². The maximum absolute atomic E-state index is 10.3. The Morgan fingerprint density at radius 1 is 1.22 bits per heavy atom. The van der Waals surface area contributed by atoms with Crippen molar-refractivity contribution < 1.29 is 9.84 Å². The van der Waals surface area contributed by atoms with Gasteiger partial charge in [-0.3, -0.25) is 4.90 Å². The molecule has 1 heterocycles. The van der Waals surface area contributed by atoms with Crippen molar-refractivity contribution >= 4 is 0 Å². The van der Waals surface area contributed by atoms with Crippen LogP contribution in [0.2, 0.25) is 0 Å². The van der Waals surface area contributed by atoms with Gasteiger partial charge in [0.25, 0.3) is 0 Å². The van der Waals surface area contributed by atoms with Gasteiger partial charge in [0.05, 0.1) is 18.3 Å². The van der Waals surface area contributed by atoms with Crippen LogP contribution in [0.15, 0.2) is 24.3 Å². The lowest BCUT2D eigenvalue weighted by atomic mass is 10.1. The summed E-state index contributed by atoms with van der Waals surface area (Å²) in [5, 5.41) is 10.3. The largest absolute Gasteiger partial charge is 0.387 e. The van der Waals surface area contributed by atoms with Crippen molar-refractivity contribution in [3.63, 3.8) is 0 Å². The highest BCUT2D eigenvalue weighted by atomic mass is 16.5. The molecule has 100 valence electrons. The second-order valence-electron chi connectivity index (χ2n) is 5.40. The van der Waals surface area contributed by atoms with Crippen LogP contribution in [0, 0.1) is 6.92 Å². The average molecular weight is 249 g/mol. The van der Waals surface area contributed by atoms with Crippen LogP contribution in [-0.4, -0.2) is 41.8 Å². The van der Waals surface area contributed by atoms with Gasteiger partial charge in [0, 0.05) is 19.6 Å². The standard InChI is InChI=1S/C15H23NO2/c1-11-4-6-14(7-5-11)15(17)10-16-8-12(2)18-13(3)9-16/h4-7,12-13,15,17H,8-10H2,1-3H3/t12-,13+,15?. The fourth-order valence-corrected chi connectivity index (χ4v) is 2.57. The van der Waals surface area contributed by atoms with Crippen LogP contribution in [0.4, 0.5) is 0 Å². The number of hydrogen-bond acceptors (Lipinski definition) is 3. The molecule has 0 bridgehead atoms. The minimum absolute atomic E-state index is 0.249. The van der Waals surface area contributed by atoms with Gasteiger partial charge in [-0.25, -0.2) is 0 Å². The summed E-state index contributed by atoms with van der Waals surface area (Å²) in [5.74, 6) is 0. The zero-order valence-electron chi connectivity index (χ0n) is 11.5. The molecule has 18 heavy (non-hydrogen) atoms. The molecule has 0 amide bonds. The molecule has 3 atom stereocenters. The molecule has 1 aliphatic heterocycles. The van der Waals surface area contributed by atoms with E-state index in [2.05, 4.69) is 25.7 Å². The van der Waals surface area contributed by atoms with Crippen molar-refractivity contribution in [1.29, 1.82) is 0 Å². The molecule has 1 N–H and O–H groups in total. The van der Waals surface area contributed by atoms with Gasteiger partial charge in [-0.15, -0.1) is 0 Å². The first kappa shape index (κ1) is 13.5. The summed E-state index contributed by atoms with van der Waals surface area (Å²) < 4.78 is 5.70. The third kappa shape index (κ3) is 3.55. The van der Waals surface area contributed by atoms with Crippen LogP contribution in [0.5, 0.6) is 0 Å². The molecule has 3 heteroatoms. The summed E-state index contributed by atoms with van der Waals surface area (Å²) in [6.45, 7) is 8.70. The van der Waals surface area contributed by atoms with Crippen molar-refractivity contribution in [3.8, 4) is 0 Å². The normalized spacial score (nSPS) is 27.1. The fraction of sp³-hybridized carbons (Fsp3) is 0.600. The maximum Gasteiger partial charge on any atom is 0.0916 e. The van der Waals surface area contributed by atoms with Gasteiger partial charge in [0.15, 0.2) is 0 Å². The molecule has 0 spiro atoms. The predicted molar refractivity (Wildman–Crippen MR) is 72.6 cm³/mol. The molecule has 1 aromatic carbocycles. The quantitative estimate of drug-likeness (QED) is 0.891. The number of rotatable bonds is 3. The van der Waals surface area contributed by atoms with E-state index in [0.717, 1.165) is 18.7 Å². The highest BCUT2D eigenvalue weighted by molar-refractivity contribution is 5.23. The highest BCUT2D eigenvalue weighted by Crippen LogP contribution is 2.18. The molecule has 2 rings (SSSR count). The van der Waals surface area contributed by atoms with E-state index in [0.29, 0.717) is 6.54 Å². The average Bonchev–Trinajstić information content (AvgIpc) is 2.28. The lowest BCUT2D eigenvalue weighted by molar-refractivity contribution is -0.0767. The van der Waals surface area contributed by atoms with E-state index in [9.17, 15) is 5.11 Å². The van der Waals surface area contributed by atoms with E-state index >= 15 is 0 Å². The lowest BCUT2D eigenvalue weighted by Crippen LogP contribution is -2.46. The molecule has 0 aliphatic carbocycles. The smallest absolute Gasteiger partial charge is 0.0916 e. The number of nitrogens with zero attached hydrogens (tertiary/aromatic N) is 1. The Bertz CT molecular complexity index is 367. The SMILES string of the molecule is Cc1ccc(C(O)CN2C[C@@H](C)O[C@@H](C)C2)cc1. The van der Waals surface area contributed by atoms with Gasteiger partial charge in [-0.05, 0) is 26.3 Å². The van der Waals surface area contributed by atoms with E-state index in [1.165, 1.54) is 5.56 Å². The minimum Gasteiger partial charge on any atom is -0.387 e. The molecule has 1 aliphatic rings. The number of aliphatic hydroxyl groups is 1. The van der Waals surface area contributed by atoms with Crippen molar-refractivity contribution in [3.05, 3.63) is 35.4 Å². The van der Waals surface area contributed by atoms with Gasteiger partial charge in [-0.1, -0.05) is 29.8 Å². The van der Waals surface area contributed by atoms with Gasteiger partial charge in [0.2, 0.25) is 0 Å². The van der Waals surface area contributed by atoms with Crippen molar-refractivity contribution in [2.24, 2.45) is 0 Å². The molecular weight excluding hydrogens is 226 g/mol. The number of morpholine rings is 1. The van der Waals surface area contributed by atoms with E-state index in [4.69, 9.17) is 4.74 Å². The van der Waals surface area contributed by atoms with Crippen molar-refractivity contribution in [2.75, 3.05) is 19.6 Å². The van der Waals surface area contributed by atoms with Crippen LogP contribution < -0.4 is 0 Å². The van der Waals surface area contributed by atoms with E-state index in [1.54, 1.807) is 0 Å². The predicted octanol–water partition coefficient (Wildman–Crippen LogP) is 2.14. The Hall–Kier alpha value is -0.900. The number of aryl methyl sites for hydroxylation is 1. The summed E-state index contributed by atoms with van der Waals surface area (Å²) in [6, 6.07) is 8.10. The van der Waals surface area contributed by atoms with Crippen molar-refractivity contribution in [1.82, 2.24) is 4.90 Å². The summed E-state index contributed by atoms with van der Waals surface area (Å²) in [7, 11) is 0. The maximum atomic E-state index is 10.3. The van der Waals surface area contributed by atoms with Gasteiger partial charge in [-0.2, -0.15) is 0 Å². The Kier molecular flexibility index (Phi) is 4.38. The first-order chi connectivity index (χ1) is 8.54. The molecule has 3 nitrogen and oxygen atoms in total. The van der Waals surface area contributed by atoms with E-state index in [1.807, 2.05) is 24.3 Å². The van der Waals surface area contributed by atoms with Crippen LogP contribution in [0.1, 0.15) is 31.1 Å². The summed E-state index contributed by atoms with van der Waals surface area (Å²) in [4.78, 5) is 2.28. The second kappa shape index (κ2) is 5.83. The zero-order chi connectivity index (χ0) is 13.1. The van der Waals surface area contributed by atoms with Gasteiger partial charge >= 0.3 is 0 Å². The molecule has 1 saturated heterocycles. The number of ether oxygens (including phenoxy) is 1. The summed E-state index contributed by atoms with van der Waals surface area (Å²) in [6.07, 6.45) is 0.0843. The number of benzene rings is 1. The Balaban J connectivity index is 1.94. The Morgan fingerprint density at radius 3 is 2.33 bits per heavy atom. The van der Waals surface area contributed by atoms with Crippen LogP contribution >= 0.6 is 0 Å². The third-order valence-electron chi connectivity index (χ3n) is 3.39. The number of hydrogen-bond donors (Lipinski definition) is 1. The third-order valence-corrected chi connectivity index (χ3v) is 3.39. The van der Waals surface area contributed by atoms with Gasteiger partial charge < -0.3 is 9.84 Å². The van der Waals surface area contributed by atoms with Crippen LogP contribution in [-0.2, 0) is 4.74 Å². The first-order valence-corrected chi connectivity index (χ1v) is 6.67. The summed E-state index contributed by atoms with van der Waals surface area (Å²) >= 11 is 0. The lowest BCUT2D eigenvalue weighted by Gasteiger charge is -2.36. The summed E-state index contributed by atoms with van der Waals surface area (Å²) in [5.41, 5.74) is 2.21. The highest BCUT2D eigenvalue weighted by Gasteiger charge is 2.24. The molecule has 1 aromatic rings. The van der Waals surface area contributed by atoms with Crippen LogP contribution in [0.3, 0.4) is 0 Å². The second-order valence-corrected chi connectivity index (χ2v) is 5.40. The molecule has 0 aromatic heterocycles. The van der Waals surface area contributed by atoms with Gasteiger partial charge in [0.1, 0.15) is 0 Å². The Labute approximate surface area is 109 Å². The number of aliphatic hydroxyl groups excluding tert-OH is 1. The molecule has 0 radical (unpaired) electrons. The molecule has 1 unspecified atom stereocenters.